The highest BCUT2D eigenvalue weighted by molar-refractivity contribution is 6.21. The molecule has 0 unspecified atom stereocenters. The molecule has 2 aromatic rings. The molecule has 0 fully saturated rings. The Morgan fingerprint density at radius 1 is 0.909 bits per heavy atom. The van der Waals surface area contributed by atoms with Crippen molar-refractivity contribution in [3.8, 4) is 0 Å². The Morgan fingerprint density at radius 3 is 1.91 bits per heavy atom. The summed E-state index contributed by atoms with van der Waals surface area (Å²) in [6.45, 7) is 0. The average Bonchev–Trinajstić information content (AvgIpc) is 2.72. The van der Waals surface area contributed by atoms with Gasteiger partial charge >= 0.3 is 5.97 Å². The maximum Gasteiger partial charge on any atom is 0.364 e. The molecule has 5 nitrogen and oxygen atoms in total. The predicted molar refractivity (Wildman–Crippen MR) is 68.7 cm³/mol. The minimum absolute atomic E-state index is 0.0886. The Bertz CT molecular complexity index is 764. The number of hydrogen-bond acceptors (Lipinski definition) is 4. The van der Waals surface area contributed by atoms with Gasteiger partial charge in [0.15, 0.2) is 0 Å². The van der Waals surface area contributed by atoms with Gasteiger partial charge in [0.25, 0.3) is 11.8 Å². The molecular formula is C15H7F2NO4. The summed E-state index contributed by atoms with van der Waals surface area (Å²) in [7, 11) is 0. The van der Waals surface area contributed by atoms with E-state index < -0.39 is 35.0 Å². The number of hydroxylamine groups is 2. The van der Waals surface area contributed by atoms with Crippen LogP contribution < -0.4 is 0 Å². The third-order valence-corrected chi connectivity index (χ3v) is 3.03. The molecule has 22 heavy (non-hydrogen) atoms. The summed E-state index contributed by atoms with van der Waals surface area (Å²) in [5.41, 5.74) is -0.273. The van der Waals surface area contributed by atoms with Gasteiger partial charge in [-0.2, -0.15) is 0 Å². The largest absolute Gasteiger partial charge is 0.364 e. The lowest BCUT2D eigenvalue weighted by Crippen LogP contribution is -2.32. The van der Waals surface area contributed by atoms with Crippen molar-refractivity contribution in [3.05, 3.63) is 70.8 Å². The van der Waals surface area contributed by atoms with Crippen LogP contribution in [0.25, 0.3) is 0 Å². The predicted octanol–water partition coefficient (Wildman–Crippen LogP) is 2.33. The van der Waals surface area contributed by atoms with E-state index in [9.17, 15) is 23.2 Å². The second-order valence-electron chi connectivity index (χ2n) is 4.49. The lowest BCUT2D eigenvalue weighted by molar-refractivity contribution is -0.0585. The van der Waals surface area contributed by atoms with Crippen molar-refractivity contribution in [2.45, 2.75) is 0 Å². The molecule has 2 amide bonds. The second kappa shape index (κ2) is 5.03. The van der Waals surface area contributed by atoms with Gasteiger partial charge in [-0.1, -0.05) is 17.2 Å². The average molecular weight is 303 g/mol. The molecule has 0 aliphatic carbocycles. The summed E-state index contributed by atoms with van der Waals surface area (Å²) in [5, 5.41) is 0.274. The van der Waals surface area contributed by atoms with E-state index in [1.807, 2.05) is 0 Å². The number of carbonyl (C=O) groups excluding carboxylic acids is 3. The molecule has 0 saturated carbocycles. The van der Waals surface area contributed by atoms with Crippen molar-refractivity contribution in [1.82, 2.24) is 5.06 Å². The second-order valence-corrected chi connectivity index (χ2v) is 4.49. The van der Waals surface area contributed by atoms with Crippen molar-refractivity contribution in [3.63, 3.8) is 0 Å². The molecule has 0 saturated heterocycles. The van der Waals surface area contributed by atoms with Gasteiger partial charge in [-0.15, -0.1) is 0 Å². The van der Waals surface area contributed by atoms with Crippen LogP contribution in [0.5, 0.6) is 0 Å². The van der Waals surface area contributed by atoms with Crippen LogP contribution in [0.4, 0.5) is 8.78 Å². The molecular weight excluding hydrogens is 296 g/mol. The first-order chi connectivity index (χ1) is 10.5. The van der Waals surface area contributed by atoms with Crippen LogP contribution in [0.1, 0.15) is 31.1 Å². The minimum Gasteiger partial charge on any atom is -0.324 e. The van der Waals surface area contributed by atoms with Crippen molar-refractivity contribution in [2.75, 3.05) is 0 Å². The number of nitrogens with zero attached hydrogens (tertiary/aromatic N) is 1. The number of rotatable bonds is 2. The topological polar surface area (TPSA) is 63.7 Å². The minimum atomic E-state index is -1.21. The summed E-state index contributed by atoms with van der Waals surface area (Å²) in [4.78, 5) is 40.5. The van der Waals surface area contributed by atoms with Crippen LogP contribution in [0.15, 0.2) is 42.5 Å². The number of hydrogen-bond donors (Lipinski definition) is 0. The van der Waals surface area contributed by atoms with Crippen LogP contribution in [-0.4, -0.2) is 22.8 Å². The fraction of sp³-hybridized carbons (Fsp3) is 0. The molecule has 2 aromatic carbocycles. The highest BCUT2D eigenvalue weighted by Crippen LogP contribution is 2.23. The Kier molecular flexibility index (Phi) is 3.17. The van der Waals surface area contributed by atoms with Gasteiger partial charge in [-0.25, -0.2) is 13.6 Å². The van der Waals surface area contributed by atoms with Gasteiger partial charge in [-0.05, 0) is 24.3 Å². The quantitative estimate of drug-likeness (QED) is 0.799. The van der Waals surface area contributed by atoms with Gasteiger partial charge in [0, 0.05) is 6.07 Å². The molecule has 1 heterocycles. The third kappa shape index (κ3) is 2.22. The highest BCUT2D eigenvalue weighted by Gasteiger charge is 2.38. The van der Waals surface area contributed by atoms with Crippen LogP contribution in [0.2, 0.25) is 0 Å². The molecule has 0 spiro atoms. The lowest BCUT2D eigenvalue weighted by atomic mass is 10.1. The van der Waals surface area contributed by atoms with Crippen molar-refractivity contribution < 1.29 is 28.0 Å². The Hall–Kier alpha value is -3.09. The van der Waals surface area contributed by atoms with Crippen molar-refractivity contribution in [2.24, 2.45) is 0 Å². The number of carbonyl (C=O) groups is 3. The van der Waals surface area contributed by atoms with Crippen LogP contribution >= 0.6 is 0 Å². The Morgan fingerprint density at radius 2 is 1.41 bits per heavy atom. The molecule has 1 aliphatic heterocycles. The number of benzene rings is 2. The zero-order valence-electron chi connectivity index (χ0n) is 10.9. The Balaban J connectivity index is 1.87. The first kappa shape index (κ1) is 13.9. The fourth-order valence-corrected chi connectivity index (χ4v) is 2.06. The zero-order chi connectivity index (χ0) is 15.9. The lowest BCUT2D eigenvalue weighted by Gasteiger charge is -2.12. The van der Waals surface area contributed by atoms with E-state index in [2.05, 4.69) is 4.84 Å². The van der Waals surface area contributed by atoms with Gasteiger partial charge in [-0.3, -0.25) is 9.59 Å². The Labute approximate surface area is 122 Å². The molecule has 0 bridgehead atoms. The number of amides is 2. The summed E-state index contributed by atoms with van der Waals surface area (Å²) < 4.78 is 26.2. The number of imide groups is 1. The summed E-state index contributed by atoms with van der Waals surface area (Å²) in [5.74, 6) is -4.80. The van der Waals surface area contributed by atoms with E-state index in [4.69, 9.17) is 0 Å². The van der Waals surface area contributed by atoms with E-state index in [1.54, 1.807) is 12.1 Å². The van der Waals surface area contributed by atoms with E-state index >= 15 is 0 Å². The van der Waals surface area contributed by atoms with Gasteiger partial charge in [0.1, 0.15) is 11.6 Å². The summed E-state index contributed by atoms with van der Waals surface area (Å²) >= 11 is 0. The van der Waals surface area contributed by atoms with Crippen LogP contribution in [0, 0.1) is 11.6 Å². The van der Waals surface area contributed by atoms with E-state index in [-0.39, 0.29) is 16.2 Å². The maximum absolute atomic E-state index is 13.1. The molecule has 0 atom stereocenters. The molecule has 0 N–H and O–H groups in total. The number of halogens is 2. The molecule has 110 valence electrons. The standard InChI is InChI=1S/C15H7F2NO4/c16-9-5-8(6-10(17)7-9)15(21)22-18-13(19)11-3-1-2-4-12(11)14(18)20/h1-7H. The van der Waals surface area contributed by atoms with Crippen molar-refractivity contribution >= 4 is 17.8 Å². The van der Waals surface area contributed by atoms with Gasteiger partial charge in [0.05, 0.1) is 16.7 Å². The molecule has 7 heteroatoms. The van der Waals surface area contributed by atoms with Crippen molar-refractivity contribution in [1.29, 1.82) is 0 Å². The first-order valence-electron chi connectivity index (χ1n) is 6.13. The maximum atomic E-state index is 13.1. The highest BCUT2D eigenvalue weighted by atomic mass is 19.1. The SMILES string of the molecule is O=C(ON1C(=O)c2ccccc2C1=O)c1cc(F)cc(F)c1. The van der Waals surface area contributed by atoms with Crippen LogP contribution in [0.3, 0.4) is 0 Å². The normalized spacial score (nSPS) is 13.3. The van der Waals surface area contributed by atoms with Gasteiger partial charge < -0.3 is 4.84 Å². The fourth-order valence-electron chi connectivity index (χ4n) is 2.06. The molecule has 3 rings (SSSR count). The van der Waals surface area contributed by atoms with Gasteiger partial charge in [0.2, 0.25) is 0 Å². The van der Waals surface area contributed by atoms with E-state index in [1.165, 1.54) is 12.1 Å². The number of fused-ring (bicyclic) bond motifs is 1. The van der Waals surface area contributed by atoms with E-state index in [0.717, 1.165) is 12.1 Å². The smallest absolute Gasteiger partial charge is 0.324 e. The monoisotopic (exact) mass is 303 g/mol. The third-order valence-electron chi connectivity index (χ3n) is 3.03. The molecule has 0 radical (unpaired) electrons. The first-order valence-corrected chi connectivity index (χ1v) is 6.13. The summed E-state index contributed by atoms with van der Waals surface area (Å²) in [6, 6.07) is 7.98. The molecule has 0 aromatic heterocycles. The zero-order valence-corrected chi connectivity index (χ0v) is 10.9. The summed E-state index contributed by atoms with van der Waals surface area (Å²) in [6.07, 6.45) is 0. The molecule has 1 aliphatic rings. The van der Waals surface area contributed by atoms with E-state index in [0.29, 0.717) is 6.07 Å². The van der Waals surface area contributed by atoms with Crippen LogP contribution in [-0.2, 0) is 4.84 Å².